The molecule has 0 atom stereocenters. The molecule has 0 heterocycles. The Hall–Kier alpha value is -0.0400. The highest BCUT2D eigenvalue weighted by atomic mass is 127. The van der Waals surface area contributed by atoms with E-state index in [0.717, 1.165) is 0 Å². The van der Waals surface area contributed by atoms with Crippen LogP contribution in [0, 0.1) is 0 Å². The summed E-state index contributed by atoms with van der Waals surface area (Å²) >= 11 is 1.30. The highest BCUT2D eigenvalue weighted by molar-refractivity contribution is 14.1. The third-order valence-corrected chi connectivity index (χ3v) is 0.283. The lowest BCUT2D eigenvalue weighted by Gasteiger charge is -1.82. The van der Waals surface area contributed by atoms with E-state index in [2.05, 4.69) is 8.10 Å². The normalized spacial score (nSPS) is 7.50. The molecule has 0 saturated carbocycles. The second kappa shape index (κ2) is 3.16. The van der Waals surface area contributed by atoms with Crippen molar-refractivity contribution < 1.29 is 18.0 Å². The summed E-state index contributed by atoms with van der Waals surface area (Å²) < 4.78 is 3.67. The van der Waals surface area contributed by atoms with Crippen LogP contribution in [-0.4, -0.2) is 11.3 Å². The van der Waals surface area contributed by atoms with E-state index in [0.29, 0.717) is 0 Å². The zero-order valence-electron chi connectivity index (χ0n) is 2.55. The van der Waals surface area contributed by atoms with Crippen LogP contribution in [0.4, 0.5) is 4.79 Å². The molecule has 1 N–H and O–H groups in total. The highest BCUT2D eigenvalue weighted by Gasteiger charge is 1.90. The largest absolute Gasteiger partial charge is 0.538 e. The van der Waals surface area contributed by atoms with Crippen molar-refractivity contribution in [3.63, 3.8) is 0 Å². The molecule has 0 aromatic heterocycles. The van der Waals surface area contributed by atoms with Crippen LogP contribution in [0.1, 0.15) is 0 Å². The maximum Gasteiger partial charge on any atom is 0.538 e. The van der Waals surface area contributed by atoms with Crippen molar-refractivity contribution in [2.75, 3.05) is 0 Å². The van der Waals surface area contributed by atoms with Crippen molar-refractivity contribution >= 4 is 29.2 Å². The van der Waals surface area contributed by atoms with Gasteiger partial charge in [-0.05, 0) is 0 Å². The van der Waals surface area contributed by atoms with Gasteiger partial charge in [-0.25, -0.2) is 9.68 Å². The molecule has 0 saturated heterocycles. The molecular formula is CHIO4. The Morgan fingerprint density at radius 2 is 2.33 bits per heavy atom. The van der Waals surface area contributed by atoms with Crippen molar-refractivity contribution in [1.82, 2.24) is 0 Å². The summed E-state index contributed by atoms with van der Waals surface area (Å²) in [6.07, 6.45) is -1.44. The molecule has 0 aromatic carbocycles. The first-order valence-corrected chi connectivity index (χ1v) is 1.83. The molecule has 0 bridgehead atoms. The van der Waals surface area contributed by atoms with Gasteiger partial charge in [-0.3, -0.25) is 0 Å². The van der Waals surface area contributed by atoms with Crippen molar-refractivity contribution in [3.05, 3.63) is 0 Å². The van der Waals surface area contributed by atoms with Gasteiger partial charge < -0.3 is 5.11 Å². The Bertz CT molecular complexity index is 51.5. The van der Waals surface area contributed by atoms with Crippen LogP contribution in [0.2, 0.25) is 0 Å². The molecule has 5 heteroatoms. The zero-order valence-corrected chi connectivity index (χ0v) is 4.71. The van der Waals surface area contributed by atoms with Gasteiger partial charge in [0.15, 0.2) is 23.0 Å². The van der Waals surface area contributed by atoms with E-state index in [1.165, 1.54) is 23.0 Å². The van der Waals surface area contributed by atoms with Crippen molar-refractivity contribution in [2.24, 2.45) is 0 Å². The zero-order chi connectivity index (χ0) is 4.99. The van der Waals surface area contributed by atoms with Gasteiger partial charge in [0.25, 0.3) is 0 Å². The van der Waals surface area contributed by atoms with Gasteiger partial charge in [-0.1, -0.05) is 0 Å². The molecule has 0 spiro atoms. The third kappa shape index (κ3) is 3.96. The first-order valence-electron chi connectivity index (χ1n) is 0.953. The fourth-order valence-corrected chi connectivity index (χ4v) is 0.181. The number of hydrogen-bond donors (Lipinski definition) is 1. The van der Waals surface area contributed by atoms with Crippen LogP contribution in [-0.2, 0) is 8.10 Å². The summed E-state index contributed by atoms with van der Waals surface area (Å²) in [7, 11) is 0. The lowest BCUT2D eigenvalue weighted by Crippen LogP contribution is -1.93. The Kier molecular flexibility index (Phi) is 3.14. The first kappa shape index (κ1) is 5.96. The van der Waals surface area contributed by atoms with Crippen LogP contribution < -0.4 is 0 Å². The van der Waals surface area contributed by atoms with Crippen LogP contribution in [0.3, 0.4) is 0 Å². The number of halogens is 1. The van der Waals surface area contributed by atoms with Gasteiger partial charge in [-0.15, -0.1) is 3.22 Å². The predicted molar refractivity (Wildman–Crippen MR) is 24.2 cm³/mol. The van der Waals surface area contributed by atoms with Crippen molar-refractivity contribution in [2.45, 2.75) is 0 Å². The number of hydrogen-bond acceptors (Lipinski definition) is 3. The fraction of sp³-hybridized carbons (Fsp3) is 0. The molecule has 0 fully saturated rings. The second-order valence-corrected chi connectivity index (χ2v) is 0.772. The van der Waals surface area contributed by atoms with E-state index in [1.807, 2.05) is 0 Å². The predicted octanol–water partition coefficient (Wildman–Crippen LogP) is 0.963. The van der Waals surface area contributed by atoms with Crippen molar-refractivity contribution in [3.8, 4) is 0 Å². The van der Waals surface area contributed by atoms with Gasteiger partial charge in [0.2, 0.25) is 0 Å². The van der Waals surface area contributed by atoms with Gasteiger partial charge in [0.1, 0.15) is 0 Å². The minimum atomic E-state index is -1.44. The summed E-state index contributed by atoms with van der Waals surface area (Å²) in [6, 6.07) is 0. The van der Waals surface area contributed by atoms with E-state index >= 15 is 0 Å². The van der Waals surface area contributed by atoms with E-state index in [4.69, 9.17) is 5.11 Å². The lowest BCUT2D eigenvalue weighted by atomic mass is 11.5. The molecule has 0 amide bonds. The Balaban J connectivity index is 2.83. The molecule has 0 aliphatic rings. The lowest BCUT2D eigenvalue weighted by molar-refractivity contribution is -0.120. The molecule has 0 aromatic rings. The van der Waals surface area contributed by atoms with Crippen LogP contribution >= 0.6 is 23.0 Å². The number of carboxylic acid groups (broad SMARTS) is 1. The number of rotatable bonds is 1. The molecule has 0 rings (SSSR count). The maximum atomic E-state index is 9.25. The molecule has 0 radical (unpaired) electrons. The summed E-state index contributed by atoms with van der Waals surface area (Å²) in [5, 5.41) is 7.56. The van der Waals surface area contributed by atoms with Crippen LogP contribution in [0.25, 0.3) is 0 Å². The van der Waals surface area contributed by atoms with Gasteiger partial charge in [-0.2, -0.15) is 0 Å². The van der Waals surface area contributed by atoms with Gasteiger partial charge in [0.05, 0.1) is 0 Å². The summed E-state index contributed by atoms with van der Waals surface area (Å²) in [5.41, 5.74) is 0. The second-order valence-electron chi connectivity index (χ2n) is 0.412. The van der Waals surface area contributed by atoms with Gasteiger partial charge in [0, 0.05) is 0 Å². The Morgan fingerprint density at radius 1 is 1.83 bits per heavy atom. The third-order valence-electron chi connectivity index (χ3n) is 0.103. The standard InChI is InChI=1S/CHIO4/c2-6-5-1(3)4/h(H,3,4). The molecule has 0 aliphatic carbocycles. The molecular weight excluding hydrogens is 203 g/mol. The summed E-state index contributed by atoms with van der Waals surface area (Å²) in [6.45, 7) is 0. The molecule has 6 heavy (non-hydrogen) atoms. The van der Waals surface area contributed by atoms with E-state index in [9.17, 15) is 4.79 Å². The number of carbonyl (C=O) groups is 1. The van der Waals surface area contributed by atoms with Crippen LogP contribution in [0.5, 0.6) is 0 Å². The SMILES string of the molecule is O=C(O)OOI. The Morgan fingerprint density at radius 3 is 2.33 bits per heavy atom. The van der Waals surface area contributed by atoms with E-state index in [1.54, 1.807) is 0 Å². The summed E-state index contributed by atoms with van der Waals surface area (Å²) in [5.74, 6) is 0. The topological polar surface area (TPSA) is 55.8 Å². The molecule has 36 valence electrons. The van der Waals surface area contributed by atoms with E-state index in [-0.39, 0.29) is 0 Å². The first-order chi connectivity index (χ1) is 2.77. The highest BCUT2D eigenvalue weighted by Crippen LogP contribution is 1.85. The smallest absolute Gasteiger partial charge is 0.448 e. The monoisotopic (exact) mass is 204 g/mol. The Labute approximate surface area is 47.7 Å². The molecule has 4 nitrogen and oxygen atoms in total. The van der Waals surface area contributed by atoms with Crippen molar-refractivity contribution in [1.29, 1.82) is 0 Å². The summed E-state index contributed by atoms with van der Waals surface area (Å²) in [4.78, 5) is 12.7. The fourth-order valence-electron chi connectivity index (χ4n) is 0.0269. The van der Waals surface area contributed by atoms with Gasteiger partial charge >= 0.3 is 6.16 Å². The van der Waals surface area contributed by atoms with E-state index < -0.39 is 6.16 Å². The average molecular weight is 204 g/mol. The minimum absolute atomic E-state index is 1.30. The average Bonchev–Trinajstić information content (AvgIpc) is 1.35. The molecule has 0 aliphatic heterocycles. The van der Waals surface area contributed by atoms with Crippen LogP contribution in [0.15, 0.2) is 0 Å². The minimum Gasteiger partial charge on any atom is -0.448 e. The maximum absolute atomic E-state index is 9.25. The quantitative estimate of drug-likeness (QED) is 0.392. The molecule has 0 unspecified atom stereocenters.